The Morgan fingerprint density at radius 2 is 2.21 bits per heavy atom. The SMILES string of the molecule is CC(C)(C)OC(=O)N1CCOCC1c1nc(-c2ccccn2)cs1. The quantitative estimate of drug-likeness (QED) is 0.832. The lowest BCUT2D eigenvalue weighted by Gasteiger charge is -2.35. The highest BCUT2D eigenvalue weighted by Gasteiger charge is 2.33. The van der Waals surface area contributed by atoms with Gasteiger partial charge in [0.1, 0.15) is 16.7 Å². The van der Waals surface area contributed by atoms with Gasteiger partial charge < -0.3 is 9.47 Å². The molecule has 3 rings (SSSR count). The predicted octanol–water partition coefficient (Wildman–Crippen LogP) is 3.51. The van der Waals surface area contributed by atoms with E-state index in [1.807, 2.05) is 44.4 Å². The Bertz CT molecular complexity index is 697. The molecule has 1 aliphatic heterocycles. The number of carbonyl (C=O) groups excluding carboxylic acids is 1. The molecule has 3 heterocycles. The molecule has 1 aliphatic rings. The Kier molecular flexibility index (Phi) is 4.82. The lowest BCUT2D eigenvalue weighted by atomic mass is 10.2. The number of nitrogens with zero attached hydrogens (tertiary/aromatic N) is 3. The van der Waals surface area contributed by atoms with Crippen LogP contribution in [0.25, 0.3) is 11.4 Å². The first-order valence-electron chi connectivity index (χ1n) is 7.88. The normalized spacial score (nSPS) is 18.5. The monoisotopic (exact) mass is 347 g/mol. The third-order valence-corrected chi connectivity index (χ3v) is 4.44. The third-order valence-electron chi connectivity index (χ3n) is 3.49. The van der Waals surface area contributed by atoms with E-state index in [1.165, 1.54) is 11.3 Å². The van der Waals surface area contributed by atoms with Crippen LogP contribution < -0.4 is 0 Å². The number of aromatic nitrogens is 2. The fourth-order valence-electron chi connectivity index (χ4n) is 2.42. The molecule has 6 nitrogen and oxygen atoms in total. The summed E-state index contributed by atoms with van der Waals surface area (Å²) in [6, 6.07) is 5.49. The van der Waals surface area contributed by atoms with Gasteiger partial charge in [-0.1, -0.05) is 6.07 Å². The van der Waals surface area contributed by atoms with Crippen LogP contribution in [0.2, 0.25) is 0 Å². The summed E-state index contributed by atoms with van der Waals surface area (Å²) >= 11 is 1.51. The number of amides is 1. The van der Waals surface area contributed by atoms with Crippen LogP contribution in [-0.2, 0) is 9.47 Å². The van der Waals surface area contributed by atoms with Crippen LogP contribution in [0.15, 0.2) is 29.8 Å². The van der Waals surface area contributed by atoms with E-state index >= 15 is 0 Å². The van der Waals surface area contributed by atoms with Gasteiger partial charge in [0.2, 0.25) is 0 Å². The van der Waals surface area contributed by atoms with Crippen molar-refractivity contribution < 1.29 is 14.3 Å². The van der Waals surface area contributed by atoms with Crippen molar-refractivity contribution in [2.75, 3.05) is 19.8 Å². The summed E-state index contributed by atoms with van der Waals surface area (Å²) < 4.78 is 11.1. The maximum Gasteiger partial charge on any atom is 0.411 e. The molecule has 0 aliphatic carbocycles. The molecule has 0 saturated carbocycles. The fraction of sp³-hybridized carbons (Fsp3) is 0.471. The van der Waals surface area contributed by atoms with E-state index in [-0.39, 0.29) is 12.1 Å². The fourth-order valence-corrected chi connectivity index (χ4v) is 3.33. The molecule has 0 spiro atoms. The number of thiazole rings is 1. The smallest absolute Gasteiger partial charge is 0.411 e. The molecule has 2 aromatic rings. The van der Waals surface area contributed by atoms with Crippen molar-refractivity contribution in [2.45, 2.75) is 32.4 Å². The van der Waals surface area contributed by atoms with Crippen LogP contribution in [-0.4, -0.2) is 46.3 Å². The second-order valence-electron chi connectivity index (χ2n) is 6.55. The maximum absolute atomic E-state index is 12.5. The minimum Gasteiger partial charge on any atom is -0.444 e. The van der Waals surface area contributed by atoms with Gasteiger partial charge in [0, 0.05) is 18.1 Å². The Hall–Kier alpha value is -1.99. The largest absolute Gasteiger partial charge is 0.444 e. The molecule has 0 bridgehead atoms. The molecule has 0 N–H and O–H groups in total. The second kappa shape index (κ2) is 6.86. The minimum atomic E-state index is -0.526. The predicted molar refractivity (Wildman–Crippen MR) is 91.8 cm³/mol. The van der Waals surface area contributed by atoms with Crippen molar-refractivity contribution in [3.8, 4) is 11.4 Å². The third kappa shape index (κ3) is 3.91. The molecule has 1 unspecified atom stereocenters. The number of rotatable bonds is 2. The van der Waals surface area contributed by atoms with Gasteiger partial charge in [0.15, 0.2) is 0 Å². The number of carbonyl (C=O) groups is 1. The summed E-state index contributed by atoms with van der Waals surface area (Å²) in [5, 5.41) is 2.79. The van der Waals surface area contributed by atoms with E-state index in [4.69, 9.17) is 9.47 Å². The van der Waals surface area contributed by atoms with E-state index in [2.05, 4.69) is 9.97 Å². The average Bonchev–Trinajstić information content (AvgIpc) is 3.04. The second-order valence-corrected chi connectivity index (χ2v) is 7.44. The standard InChI is InChI=1S/C17H21N3O3S/c1-17(2,3)23-16(21)20-8-9-22-10-14(20)15-19-13(11-24-15)12-6-4-5-7-18-12/h4-7,11,14H,8-10H2,1-3H3. The molecule has 1 atom stereocenters. The molecule has 1 amide bonds. The van der Waals surface area contributed by atoms with Gasteiger partial charge in [-0.3, -0.25) is 9.88 Å². The first kappa shape index (κ1) is 16.9. The van der Waals surface area contributed by atoms with Crippen LogP contribution in [0.3, 0.4) is 0 Å². The van der Waals surface area contributed by atoms with Crippen LogP contribution in [0, 0.1) is 0 Å². The van der Waals surface area contributed by atoms with Crippen molar-refractivity contribution in [1.29, 1.82) is 0 Å². The van der Waals surface area contributed by atoms with E-state index in [9.17, 15) is 4.79 Å². The van der Waals surface area contributed by atoms with Gasteiger partial charge >= 0.3 is 6.09 Å². The molecule has 0 radical (unpaired) electrons. The van der Waals surface area contributed by atoms with E-state index in [1.54, 1.807) is 11.1 Å². The van der Waals surface area contributed by atoms with Crippen LogP contribution >= 0.6 is 11.3 Å². The highest BCUT2D eigenvalue weighted by atomic mass is 32.1. The molecule has 0 aromatic carbocycles. The average molecular weight is 347 g/mol. The van der Waals surface area contributed by atoms with Gasteiger partial charge in [-0.25, -0.2) is 9.78 Å². The van der Waals surface area contributed by atoms with Gasteiger partial charge in [0.25, 0.3) is 0 Å². The van der Waals surface area contributed by atoms with Gasteiger partial charge in [0.05, 0.1) is 24.6 Å². The zero-order valence-electron chi connectivity index (χ0n) is 14.1. The van der Waals surface area contributed by atoms with Crippen molar-refractivity contribution >= 4 is 17.4 Å². The Morgan fingerprint density at radius 3 is 2.92 bits per heavy atom. The number of hydrogen-bond acceptors (Lipinski definition) is 6. The number of morpholine rings is 1. The molecule has 1 saturated heterocycles. The molecular weight excluding hydrogens is 326 g/mol. The van der Waals surface area contributed by atoms with Crippen LogP contribution in [0.4, 0.5) is 4.79 Å². The zero-order valence-corrected chi connectivity index (χ0v) is 14.9. The van der Waals surface area contributed by atoms with E-state index in [0.29, 0.717) is 19.8 Å². The van der Waals surface area contributed by atoms with Gasteiger partial charge in [-0.2, -0.15) is 0 Å². The Balaban J connectivity index is 1.81. The highest BCUT2D eigenvalue weighted by Crippen LogP contribution is 2.30. The van der Waals surface area contributed by atoms with Crippen molar-refractivity contribution in [2.24, 2.45) is 0 Å². The summed E-state index contributed by atoms with van der Waals surface area (Å²) in [7, 11) is 0. The number of pyridine rings is 1. The first-order chi connectivity index (χ1) is 11.4. The summed E-state index contributed by atoms with van der Waals surface area (Å²) in [6.45, 7) is 7.02. The van der Waals surface area contributed by atoms with E-state index in [0.717, 1.165) is 16.4 Å². The molecular formula is C17H21N3O3S. The summed E-state index contributed by atoms with van der Waals surface area (Å²) in [5.41, 5.74) is 1.10. The first-order valence-corrected chi connectivity index (χ1v) is 8.76. The molecule has 128 valence electrons. The van der Waals surface area contributed by atoms with Crippen molar-refractivity contribution in [3.63, 3.8) is 0 Å². The molecule has 7 heteroatoms. The maximum atomic E-state index is 12.5. The lowest BCUT2D eigenvalue weighted by molar-refractivity contribution is -0.0331. The zero-order chi connectivity index (χ0) is 17.2. The summed E-state index contributed by atoms with van der Waals surface area (Å²) in [4.78, 5) is 23.2. The Labute approximate surface area is 145 Å². The molecule has 1 fully saturated rings. The lowest BCUT2D eigenvalue weighted by Crippen LogP contribution is -2.45. The number of ether oxygens (including phenoxy) is 2. The summed E-state index contributed by atoms with van der Waals surface area (Å²) in [5.74, 6) is 0. The van der Waals surface area contributed by atoms with Crippen LogP contribution in [0.5, 0.6) is 0 Å². The van der Waals surface area contributed by atoms with Gasteiger partial charge in [-0.15, -0.1) is 11.3 Å². The minimum absolute atomic E-state index is 0.226. The van der Waals surface area contributed by atoms with Crippen molar-refractivity contribution in [3.05, 3.63) is 34.8 Å². The molecule has 24 heavy (non-hydrogen) atoms. The highest BCUT2D eigenvalue weighted by molar-refractivity contribution is 7.10. The summed E-state index contributed by atoms with van der Waals surface area (Å²) in [6.07, 6.45) is 1.41. The van der Waals surface area contributed by atoms with Gasteiger partial charge in [-0.05, 0) is 32.9 Å². The van der Waals surface area contributed by atoms with Crippen LogP contribution in [0.1, 0.15) is 31.8 Å². The topological polar surface area (TPSA) is 64.5 Å². The van der Waals surface area contributed by atoms with E-state index < -0.39 is 5.60 Å². The number of hydrogen-bond donors (Lipinski definition) is 0. The van der Waals surface area contributed by atoms with Crippen molar-refractivity contribution in [1.82, 2.24) is 14.9 Å². The Morgan fingerprint density at radius 1 is 1.38 bits per heavy atom. The molecule has 2 aromatic heterocycles.